The summed E-state index contributed by atoms with van der Waals surface area (Å²) in [7, 11) is 0. The molecule has 0 radical (unpaired) electrons. The lowest BCUT2D eigenvalue weighted by Gasteiger charge is -2.18. The highest BCUT2D eigenvalue weighted by molar-refractivity contribution is 7.32. The van der Waals surface area contributed by atoms with Crippen LogP contribution in [0.4, 0.5) is 0 Å². The molecule has 0 aliphatic carbocycles. The van der Waals surface area contributed by atoms with Crippen molar-refractivity contribution in [3.63, 3.8) is 0 Å². The Morgan fingerprint density at radius 3 is 1.11 bits per heavy atom. The predicted octanol–water partition coefficient (Wildman–Crippen LogP) is 11.1. The maximum Gasteiger partial charge on any atom is 0.155 e. The standard InChI is InChI=1S/C32H30N2S4/c1-31(2,3)21-11-7-19(8-12-21)23-15-17-25(35-23)27-33-29-30(37-27)34-28(38-29)26-18-16-24(36-26)20-9-13-22(14-10-20)32(4,5)6/h7-18H,1-6H3. The summed E-state index contributed by atoms with van der Waals surface area (Å²) in [5.74, 6) is 0. The van der Waals surface area contributed by atoms with Crippen molar-refractivity contribution in [1.82, 2.24) is 9.97 Å². The molecule has 0 aliphatic rings. The second kappa shape index (κ2) is 9.53. The number of hydrogen-bond donors (Lipinski definition) is 0. The predicted molar refractivity (Wildman–Crippen MR) is 170 cm³/mol. The molecule has 2 aromatic carbocycles. The highest BCUT2D eigenvalue weighted by Crippen LogP contribution is 2.43. The van der Waals surface area contributed by atoms with E-state index < -0.39 is 0 Å². The van der Waals surface area contributed by atoms with Gasteiger partial charge in [0.05, 0.1) is 9.75 Å². The number of aromatic nitrogens is 2. The van der Waals surface area contributed by atoms with Crippen molar-refractivity contribution in [2.45, 2.75) is 52.4 Å². The van der Waals surface area contributed by atoms with Crippen molar-refractivity contribution in [2.24, 2.45) is 0 Å². The molecule has 38 heavy (non-hydrogen) atoms. The Morgan fingerprint density at radius 2 is 0.763 bits per heavy atom. The fraction of sp³-hybridized carbons (Fsp3) is 0.250. The van der Waals surface area contributed by atoms with E-state index in [0.29, 0.717) is 0 Å². The van der Waals surface area contributed by atoms with Crippen LogP contribution in [-0.4, -0.2) is 9.97 Å². The normalized spacial score (nSPS) is 12.5. The molecule has 0 bridgehead atoms. The molecule has 0 atom stereocenters. The van der Waals surface area contributed by atoms with Crippen LogP contribution in [-0.2, 0) is 10.8 Å². The molecule has 0 spiro atoms. The topological polar surface area (TPSA) is 25.8 Å². The summed E-state index contributed by atoms with van der Waals surface area (Å²) in [5, 5.41) is 2.11. The first kappa shape index (κ1) is 25.6. The lowest BCUT2D eigenvalue weighted by atomic mass is 9.86. The van der Waals surface area contributed by atoms with Crippen LogP contribution in [0.3, 0.4) is 0 Å². The average molecular weight is 571 g/mol. The molecular formula is C32H30N2S4. The van der Waals surface area contributed by atoms with Crippen LogP contribution in [0, 0.1) is 0 Å². The van der Waals surface area contributed by atoms with Crippen LogP contribution >= 0.6 is 45.3 Å². The van der Waals surface area contributed by atoms with E-state index in [9.17, 15) is 0 Å². The van der Waals surface area contributed by atoms with Gasteiger partial charge in [-0.2, -0.15) is 0 Å². The Balaban J connectivity index is 1.21. The molecule has 4 aromatic heterocycles. The van der Waals surface area contributed by atoms with Crippen LogP contribution in [0.15, 0.2) is 72.8 Å². The van der Waals surface area contributed by atoms with Crippen molar-refractivity contribution < 1.29 is 0 Å². The van der Waals surface area contributed by atoms with Crippen molar-refractivity contribution in [3.05, 3.63) is 83.9 Å². The number of benzene rings is 2. The summed E-state index contributed by atoms with van der Waals surface area (Å²) in [6.45, 7) is 13.5. The van der Waals surface area contributed by atoms with E-state index in [1.54, 1.807) is 45.3 Å². The van der Waals surface area contributed by atoms with Crippen molar-refractivity contribution in [1.29, 1.82) is 0 Å². The molecule has 0 saturated heterocycles. The molecule has 0 fully saturated rings. The molecule has 0 N–H and O–H groups in total. The minimum atomic E-state index is 0.167. The third-order valence-corrected chi connectivity index (χ3v) is 11.3. The quantitative estimate of drug-likeness (QED) is 0.211. The van der Waals surface area contributed by atoms with Gasteiger partial charge in [-0.15, -0.1) is 22.7 Å². The number of thiazole rings is 2. The van der Waals surface area contributed by atoms with Gasteiger partial charge >= 0.3 is 0 Å². The van der Waals surface area contributed by atoms with Crippen LogP contribution < -0.4 is 0 Å². The number of fused-ring (bicyclic) bond motifs is 1. The van der Waals surface area contributed by atoms with E-state index in [1.807, 2.05) is 0 Å². The van der Waals surface area contributed by atoms with Crippen molar-refractivity contribution >= 4 is 55.0 Å². The summed E-state index contributed by atoms with van der Waals surface area (Å²) < 4.78 is 0. The Labute approximate surface area is 240 Å². The molecule has 0 unspecified atom stereocenters. The van der Waals surface area contributed by atoms with E-state index in [-0.39, 0.29) is 10.8 Å². The van der Waals surface area contributed by atoms with Crippen LogP contribution in [0.25, 0.3) is 50.3 Å². The minimum absolute atomic E-state index is 0.167. The van der Waals surface area contributed by atoms with Crippen LogP contribution in [0.2, 0.25) is 0 Å². The third-order valence-electron chi connectivity index (χ3n) is 6.68. The number of nitrogens with zero attached hydrogens (tertiary/aromatic N) is 2. The van der Waals surface area contributed by atoms with Gasteiger partial charge in [0, 0.05) is 9.75 Å². The summed E-state index contributed by atoms with van der Waals surface area (Å²) in [5.41, 5.74) is 5.57. The number of thiophene rings is 2. The molecular weight excluding hydrogens is 541 g/mol. The summed E-state index contributed by atoms with van der Waals surface area (Å²) >= 11 is 6.98. The van der Waals surface area contributed by atoms with E-state index in [1.165, 1.54) is 41.8 Å². The lowest BCUT2D eigenvalue weighted by Crippen LogP contribution is -2.10. The van der Waals surface area contributed by atoms with E-state index >= 15 is 0 Å². The van der Waals surface area contributed by atoms with Gasteiger partial charge in [0.25, 0.3) is 0 Å². The second-order valence-corrected chi connectivity index (χ2v) is 15.8. The van der Waals surface area contributed by atoms with Crippen molar-refractivity contribution in [2.75, 3.05) is 0 Å². The Hall–Kier alpha value is -2.64. The highest BCUT2D eigenvalue weighted by Gasteiger charge is 2.18. The van der Waals surface area contributed by atoms with E-state index in [4.69, 9.17) is 9.97 Å². The van der Waals surface area contributed by atoms with Gasteiger partial charge in [0.2, 0.25) is 0 Å². The largest absolute Gasteiger partial charge is 0.222 e. The SMILES string of the molecule is CC(C)(C)c1ccc(-c2ccc(-c3nc4sc(-c5ccc(-c6ccc(C(C)(C)C)cc6)s5)nc4s3)s2)cc1. The molecule has 0 amide bonds. The monoisotopic (exact) mass is 570 g/mol. The zero-order valence-corrected chi connectivity index (χ0v) is 25.7. The van der Waals surface area contributed by atoms with E-state index in [2.05, 4.69) is 114 Å². The molecule has 2 nitrogen and oxygen atoms in total. The maximum absolute atomic E-state index is 4.97. The molecule has 6 rings (SSSR count). The molecule has 6 heteroatoms. The fourth-order valence-electron chi connectivity index (χ4n) is 4.34. The maximum atomic E-state index is 4.97. The van der Waals surface area contributed by atoms with Crippen LogP contribution in [0.5, 0.6) is 0 Å². The van der Waals surface area contributed by atoms with Gasteiger partial charge in [0.15, 0.2) is 9.66 Å². The number of rotatable bonds is 4. The van der Waals surface area contributed by atoms with Gasteiger partial charge in [-0.3, -0.25) is 0 Å². The Bertz CT molecular complexity index is 1560. The Kier molecular flexibility index (Phi) is 6.42. The first-order chi connectivity index (χ1) is 18.0. The molecule has 0 saturated carbocycles. The average Bonchev–Trinajstić information content (AvgIpc) is 3.66. The Morgan fingerprint density at radius 1 is 0.421 bits per heavy atom. The summed E-state index contributed by atoms with van der Waals surface area (Å²) in [6.07, 6.45) is 0. The highest BCUT2D eigenvalue weighted by atomic mass is 32.1. The smallest absolute Gasteiger partial charge is 0.155 e. The van der Waals surface area contributed by atoms with Crippen molar-refractivity contribution in [3.8, 4) is 40.7 Å². The lowest BCUT2D eigenvalue weighted by molar-refractivity contribution is 0.590. The second-order valence-electron chi connectivity index (χ2n) is 11.6. The minimum Gasteiger partial charge on any atom is -0.222 e. The summed E-state index contributed by atoms with van der Waals surface area (Å²) in [4.78, 5) is 16.9. The molecule has 192 valence electrons. The first-order valence-corrected chi connectivity index (χ1v) is 16.0. The zero-order chi connectivity index (χ0) is 26.7. The van der Waals surface area contributed by atoms with Crippen LogP contribution in [0.1, 0.15) is 52.7 Å². The van der Waals surface area contributed by atoms with Gasteiger partial charge in [-0.05, 0) is 57.3 Å². The number of hydrogen-bond acceptors (Lipinski definition) is 6. The summed E-state index contributed by atoms with van der Waals surface area (Å²) in [6, 6.07) is 26.7. The van der Waals surface area contributed by atoms with Gasteiger partial charge < -0.3 is 0 Å². The van der Waals surface area contributed by atoms with Gasteiger partial charge in [-0.1, -0.05) is 113 Å². The third kappa shape index (κ3) is 5.03. The van der Waals surface area contributed by atoms with Gasteiger partial charge in [0.1, 0.15) is 10.0 Å². The van der Waals surface area contributed by atoms with E-state index in [0.717, 1.165) is 19.7 Å². The molecule has 6 aromatic rings. The fourth-order valence-corrected chi connectivity index (χ4v) is 8.51. The van der Waals surface area contributed by atoms with Gasteiger partial charge in [-0.25, -0.2) is 9.97 Å². The first-order valence-electron chi connectivity index (χ1n) is 12.7. The zero-order valence-electron chi connectivity index (χ0n) is 22.5. The molecule has 0 aliphatic heterocycles. The molecule has 4 heterocycles.